The van der Waals surface area contributed by atoms with E-state index in [0.717, 1.165) is 25.9 Å². The van der Waals surface area contributed by atoms with Crippen molar-refractivity contribution in [1.82, 2.24) is 9.80 Å². The Kier molecular flexibility index (Phi) is 4.65. The summed E-state index contributed by atoms with van der Waals surface area (Å²) in [7, 11) is 0. The first-order valence-corrected chi connectivity index (χ1v) is 9.18. The fourth-order valence-corrected chi connectivity index (χ4v) is 4.72. The minimum absolute atomic E-state index is 0.299. The molecule has 2 unspecified atom stereocenters. The number of likely N-dealkylation sites (tertiary alicyclic amines) is 1. The highest BCUT2D eigenvalue weighted by Crippen LogP contribution is 2.35. The van der Waals surface area contributed by atoms with Crippen LogP contribution in [0, 0.1) is 0 Å². The summed E-state index contributed by atoms with van der Waals surface area (Å²) < 4.78 is 0. The maximum atomic E-state index is 12.8. The van der Waals surface area contributed by atoms with Gasteiger partial charge in [-0.3, -0.25) is 9.69 Å². The summed E-state index contributed by atoms with van der Waals surface area (Å²) in [5.74, 6) is 0.326. The molecule has 0 bridgehead atoms. The maximum absolute atomic E-state index is 12.8. The Morgan fingerprint density at radius 3 is 3.00 bits per heavy atom. The summed E-state index contributed by atoms with van der Waals surface area (Å²) >= 11 is 1.85. The number of thiophene rings is 1. The van der Waals surface area contributed by atoms with Gasteiger partial charge in [-0.15, -0.1) is 11.3 Å². The molecule has 1 fully saturated rings. The molecule has 1 aromatic rings. The molecule has 2 aliphatic heterocycles. The Hall–Kier alpha value is -0.870. The molecular weight excluding hydrogens is 280 g/mol. The van der Waals surface area contributed by atoms with E-state index in [4.69, 9.17) is 0 Å². The minimum atomic E-state index is 0.299. The molecule has 3 rings (SSSR count). The molecule has 3 nitrogen and oxygen atoms in total. The van der Waals surface area contributed by atoms with Gasteiger partial charge in [0.15, 0.2) is 0 Å². The number of rotatable bonds is 3. The van der Waals surface area contributed by atoms with E-state index >= 15 is 0 Å². The van der Waals surface area contributed by atoms with Crippen molar-refractivity contribution >= 4 is 17.2 Å². The third-order valence-electron chi connectivity index (χ3n) is 5.08. The number of amides is 1. The van der Waals surface area contributed by atoms with Gasteiger partial charge in [0, 0.05) is 17.5 Å². The first kappa shape index (κ1) is 15.0. The molecule has 2 aliphatic rings. The zero-order chi connectivity index (χ0) is 14.8. The molecule has 0 spiro atoms. The summed E-state index contributed by atoms with van der Waals surface area (Å²) in [6.07, 6.45) is 5.84. The molecule has 1 amide bonds. The molecule has 21 heavy (non-hydrogen) atoms. The summed E-state index contributed by atoms with van der Waals surface area (Å²) in [4.78, 5) is 18.8. The topological polar surface area (TPSA) is 23.6 Å². The van der Waals surface area contributed by atoms with Gasteiger partial charge in [-0.05, 0) is 56.2 Å². The summed E-state index contributed by atoms with van der Waals surface area (Å²) in [6, 6.07) is 3.08. The average Bonchev–Trinajstić information content (AvgIpc) is 2.97. The lowest BCUT2D eigenvalue weighted by Gasteiger charge is -2.39. The Morgan fingerprint density at radius 2 is 2.24 bits per heavy atom. The van der Waals surface area contributed by atoms with Gasteiger partial charge >= 0.3 is 0 Å². The highest BCUT2D eigenvalue weighted by Gasteiger charge is 2.31. The van der Waals surface area contributed by atoms with Crippen molar-refractivity contribution in [1.29, 1.82) is 0 Å². The zero-order valence-electron chi connectivity index (χ0n) is 13.2. The van der Waals surface area contributed by atoms with Crippen molar-refractivity contribution in [2.24, 2.45) is 0 Å². The third kappa shape index (κ3) is 3.02. The summed E-state index contributed by atoms with van der Waals surface area (Å²) in [5.41, 5.74) is 1.40. The molecule has 0 saturated carbocycles. The summed E-state index contributed by atoms with van der Waals surface area (Å²) in [5, 5.41) is 2.17. The molecule has 4 heteroatoms. The summed E-state index contributed by atoms with van der Waals surface area (Å²) in [6.45, 7) is 7.05. The smallest absolute Gasteiger partial charge is 0.237 e. The van der Waals surface area contributed by atoms with Crippen LogP contribution in [0.5, 0.6) is 0 Å². The van der Waals surface area contributed by atoms with E-state index in [9.17, 15) is 4.79 Å². The van der Waals surface area contributed by atoms with Crippen molar-refractivity contribution in [3.05, 3.63) is 21.9 Å². The Bertz CT molecular complexity index is 499. The second-order valence-electron chi connectivity index (χ2n) is 6.38. The van der Waals surface area contributed by atoms with Gasteiger partial charge in [0.05, 0.1) is 12.6 Å². The zero-order valence-corrected chi connectivity index (χ0v) is 14.0. The van der Waals surface area contributed by atoms with Crippen molar-refractivity contribution in [3.63, 3.8) is 0 Å². The van der Waals surface area contributed by atoms with Crippen LogP contribution in [0.25, 0.3) is 0 Å². The number of hydrogen-bond donors (Lipinski definition) is 0. The standard InChI is InChI=1S/C17H26N2OS/c1-3-15-14-8-11-21-16(14)7-10-19(15)17(20)12-18-9-5-4-6-13(18)2/h8,11,13,15H,3-7,9-10,12H2,1-2H3. The van der Waals surface area contributed by atoms with Gasteiger partial charge in [0.1, 0.15) is 0 Å². The van der Waals surface area contributed by atoms with E-state index in [1.807, 2.05) is 11.3 Å². The van der Waals surface area contributed by atoms with Gasteiger partial charge in [-0.25, -0.2) is 0 Å². The predicted octanol–water partition coefficient (Wildman–Crippen LogP) is 3.46. The lowest BCUT2D eigenvalue weighted by Crippen LogP contribution is -2.48. The van der Waals surface area contributed by atoms with E-state index in [2.05, 4.69) is 35.1 Å². The highest BCUT2D eigenvalue weighted by molar-refractivity contribution is 7.10. The van der Waals surface area contributed by atoms with Crippen LogP contribution in [0.4, 0.5) is 0 Å². The minimum Gasteiger partial charge on any atom is -0.334 e. The number of carbonyl (C=O) groups is 1. The van der Waals surface area contributed by atoms with E-state index in [-0.39, 0.29) is 0 Å². The third-order valence-corrected chi connectivity index (χ3v) is 6.08. The first-order valence-electron chi connectivity index (χ1n) is 8.30. The van der Waals surface area contributed by atoms with E-state index in [1.165, 1.54) is 29.7 Å². The normalized spacial score (nSPS) is 26.7. The van der Waals surface area contributed by atoms with Crippen molar-refractivity contribution in [3.8, 4) is 0 Å². The lowest BCUT2D eigenvalue weighted by atomic mass is 9.97. The first-order chi connectivity index (χ1) is 10.2. The SMILES string of the molecule is CCC1c2ccsc2CCN1C(=O)CN1CCCCC1C. The molecule has 1 saturated heterocycles. The molecule has 2 atom stereocenters. The van der Waals surface area contributed by atoms with Gasteiger partial charge in [-0.2, -0.15) is 0 Å². The number of carbonyl (C=O) groups excluding carboxylic acids is 1. The Labute approximate surface area is 131 Å². The van der Waals surface area contributed by atoms with E-state index < -0.39 is 0 Å². The number of piperidine rings is 1. The van der Waals surface area contributed by atoms with Gasteiger partial charge in [-0.1, -0.05) is 13.3 Å². The van der Waals surface area contributed by atoms with Crippen molar-refractivity contribution < 1.29 is 4.79 Å². The number of nitrogens with zero attached hydrogens (tertiary/aromatic N) is 2. The molecular formula is C17H26N2OS. The molecule has 0 radical (unpaired) electrons. The second kappa shape index (κ2) is 6.49. The van der Waals surface area contributed by atoms with Gasteiger partial charge < -0.3 is 4.90 Å². The fourth-order valence-electron chi connectivity index (χ4n) is 3.79. The molecule has 0 aromatic carbocycles. The van der Waals surface area contributed by atoms with Crippen LogP contribution in [-0.4, -0.2) is 41.4 Å². The highest BCUT2D eigenvalue weighted by atomic mass is 32.1. The van der Waals surface area contributed by atoms with Crippen LogP contribution in [0.2, 0.25) is 0 Å². The molecule has 116 valence electrons. The lowest BCUT2D eigenvalue weighted by molar-refractivity contribution is -0.136. The quantitative estimate of drug-likeness (QED) is 0.854. The average molecular weight is 306 g/mol. The Balaban J connectivity index is 1.69. The number of fused-ring (bicyclic) bond motifs is 1. The predicted molar refractivity (Wildman–Crippen MR) is 87.7 cm³/mol. The second-order valence-corrected chi connectivity index (χ2v) is 7.38. The van der Waals surface area contributed by atoms with Crippen LogP contribution in [0.3, 0.4) is 0 Å². The molecule has 1 aromatic heterocycles. The molecule has 3 heterocycles. The molecule has 0 N–H and O–H groups in total. The maximum Gasteiger partial charge on any atom is 0.237 e. The van der Waals surface area contributed by atoms with Crippen molar-refractivity contribution in [2.75, 3.05) is 19.6 Å². The van der Waals surface area contributed by atoms with Crippen LogP contribution in [0.15, 0.2) is 11.4 Å². The van der Waals surface area contributed by atoms with Gasteiger partial charge in [0.25, 0.3) is 0 Å². The van der Waals surface area contributed by atoms with E-state index in [0.29, 0.717) is 24.5 Å². The van der Waals surface area contributed by atoms with Crippen LogP contribution >= 0.6 is 11.3 Å². The van der Waals surface area contributed by atoms with Gasteiger partial charge in [0.2, 0.25) is 5.91 Å². The van der Waals surface area contributed by atoms with Crippen molar-refractivity contribution in [2.45, 2.75) is 58.0 Å². The number of hydrogen-bond acceptors (Lipinski definition) is 3. The molecule has 0 aliphatic carbocycles. The van der Waals surface area contributed by atoms with E-state index in [1.54, 1.807) is 0 Å². The van der Waals surface area contributed by atoms with Crippen LogP contribution in [0.1, 0.15) is 56.0 Å². The van der Waals surface area contributed by atoms with Crippen LogP contribution < -0.4 is 0 Å². The largest absolute Gasteiger partial charge is 0.334 e. The fraction of sp³-hybridized carbons (Fsp3) is 0.706. The van der Waals surface area contributed by atoms with Crippen LogP contribution in [-0.2, 0) is 11.2 Å². The Morgan fingerprint density at radius 1 is 1.38 bits per heavy atom. The monoisotopic (exact) mass is 306 g/mol.